The van der Waals surface area contributed by atoms with E-state index in [9.17, 15) is 4.79 Å². The second-order valence-corrected chi connectivity index (χ2v) is 5.50. The molecule has 1 aromatic rings. The first-order valence-electron chi connectivity index (χ1n) is 4.68. The van der Waals surface area contributed by atoms with Crippen molar-refractivity contribution in [3.63, 3.8) is 0 Å². The second kappa shape index (κ2) is 5.18. The van der Waals surface area contributed by atoms with Gasteiger partial charge in [-0.2, -0.15) is 11.8 Å². The third kappa shape index (κ3) is 2.65. The van der Waals surface area contributed by atoms with E-state index in [1.165, 1.54) is 11.3 Å². The molecule has 1 saturated heterocycles. The minimum absolute atomic E-state index is 0.0129. The van der Waals surface area contributed by atoms with Crippen LogP contribution in [0.3, 0.4) is 0 Å². The van der Waals surface area contributed by atoms with Crippen molar-refractivity contribution < 1.29 is 4.79 Å². The molecular formula is C9H11ClN2OS2. The van der Waals surface area contributed by atoms with Crippen molar-refractivity contribution >= 4 is 45.6 Å². The first kappa shape index (κ1) is 11.2. The Labute approximate surface area is 102 Å². The molecule has 1 aromatic heterocycles. The van der Waals surface area contributed by atoms with Crippen molar-refractivity contribution in [2.75, 3.05) is 35.4 Å². The summed E-state index contributed by atoms with van der Waals surface area (Å²) in [6, 6.07) is 0. The molecule has 0 atom stereocenters. The molecule has 1 aliphatic rings. The highest BCUT2D eigenvalue weighted by atomic mass is 35.5. The zero-order valence-electron chi connectivity index (χ0n) is 8.11. The van der Waals surface area contributed by atoms with Crippen LogP contribution in [-0.4, -0.2) is 41.2 Å². The predicted molar refractivity (Wildman–Crippen MR) is 66.7 cm³/mol. The maximum atomic E-state index is 11.3. The first-order chi connectivity index (χ1) is 7.31. The van der Waals surface area contributed by atoms with Gasteiger partial charge in [-0.25, -0.2) is 4.98 Å². The molecule has 0 bridgehead atoms. The summed E-state index contributed by atoms with van der Waals surface area (Å²) >= 11 is 8.96. The largest absolute Gasteiger partial charge is 0.346 e. The Kier molecular flexibility index (Phi) is 3.88. The summed E-state index contributed by atoms with van der Waals surface area (Å²) in [5.74, 6) is 2.20. The van der Waals surface area contributed by atoms with Gasteiger partial charge in [-0.15, -0.1) is 22.9 Å². The Balaban J connectivity index is 2.08. The van der Waals surface area contributed by atoms with Crippen LogP contribution in [0, 0.1) is 0 Å². The van der Waals surface area contributed by atoms with Crippen LogP contribution in [0.25, 0.3) is 0 Å². The van der Waals surface area contributed by atoms with Crippen molar-refractivity contribution in [3.8, 4) is 0 Å². The normalized spacial score (nSPS) is 16.7. The fourth-order valence-electron chi connectivity index (χ4n) is 1.36. The number of anilines is 1. The molecule has 0 aliphatic carbocycles. The molecule has 1 aliphatic heterocycles. The maximum absolute atomic E-state index is 11.3. The molecule has 0 saturated carbocycles. The van der Waals surface area contributed by atoms with Crippen molar-refractivity contribution in [1.29, 1.82) is 0 Å². The number of hydrogen-bond donors (Lipinski definition) is 0. The molecule has 6 heteroatoms. The molecule has 0 spiro atoms. The standard InChI is InChI=1S/C9H11ClN2OS2/c10-5-8(13)7-6-15-9(11-7)12-1-3-14-4-2-12/h6H,1-5H2. The molecule has 0 aromatic carbocycles. The van der Waals surface area contributed by atoms with Crippen LogP contribution in [0.2, 0.25) is 0 Å². The molecular weight excluding hydrogens is 252 g/mol. The van der Waals surface area contributed by atoms with Gasteiger partial charge in [0, 0.05) is 30.0 Å². The van der Waals surface area contributed by atoms with Crippen molar-refractivity contribution in [2.45, 2.75) is 0 Å². The Bertz CT molecular complexity index is 350. The summed E-state index contributed by atoms with van der Waals surface area (Å²) in [7, 11) is 0. The number of Topliss-reactive ketones (excluding diaryl/α,β-unsaturated/α-hetero) is 1. The SMILES string of the molecule is O=C(CCl)c1csc(N2CCSCC2)n1. The van der Waals surface area contributed by atoms with Crippen LogP contribution in [0.4, 0.5) is 5.13 Å². The van der Waals surface area contributed by atoms with Crippen LogP contribution in [-0.2, 0) is 0 Å². The van der Waals surface area contributed by atoms with Gasteiger partial charge >= 0.3 is 0 Å². The number of hydrogen-bond acceptors (Lipinski definition) is 5. The molecule has 0 unspecified atom stereocenters. The number of halogens is 1. The Morgan fingerprint density at radius 3 is 2.93 bits per heavy atom. The molecule has 82 valence electrons. The smallest absolute Gasteiger partial charge is 0.196 e. The summed E-state index contributed by atoms with van der Waals surface area (Å²) < 4.78 is 0. The zero-order chi connectivity index (χ0) is 10.7. The quantitative estimate of drug-likeness (QED) is 0.617. The third-order valence-corrected chi connectivity index (χ3v) is 4.27. The molecule has 3 nitrogen and oxygen atoms in total. The highest BCUT2D eigenvalue weighted by Gasteiger charge is 2.16. The van der Waals surface area contributed by atoms with Crippen LogP contribution < -0.4 is 4.90 Å². The van der Waals surface area contributed by atoms with E-state index in [0.717, 1.165) is 29.7 Å². The average Bonchev–Trinajstić information content (AvgIpc) is 2.78. The topological polar surface area (TPSA) is 33.2 Å². The summed E-state index contributed by atoms with van der Waals surface area (Å²) in [5, 5.41) is 2.74. The van der Waals surface area contributed by atoms with E-state index in [1.807, 2.05) is 11.8 Å². The second-order valence-electron chi connectivity index (χ2n) is 3.17. The lowest BCUT2D eigenvalue weighted by molar-refractivity contribution is 0.101. The highest BCUT2D eigenvalue weighted by Crippen LogP contribution is 2.23. The van der Waals surface area contributed by atoms with Gasteiger partial charge in [-0.3, -0.25) is 4.79 Å². The van der Waals surface area contributed by atoms with Gasteiger partial charge in [0.25, 0.3) is 0 Å². The molecule has 15 heavy (non-hydrogen) atoms. The van der Waals surface area contributed by atoms with E-state index in [2.05, 4.69) is 9.88 Å². The van der Waals surface area contributed by atoms with Gasteiger partial charge in [0.15, 0.2) is 10.9 Å². The molecule has 0 radical (unpaired) electrons. The summed E-state index contributed by atoms with van der Waals surface area (Å²) in [4.78, 5) is 17.8. The molecule has 2 heterocycles. The molecule has 0 N–H and O–H groups in total. The van der Waals surface area contributed by atoms with Gasteiger partial charge < -0.3 is 4.90 Å². The summed E-state index contributed by atoms with van der Waals surface area (Å²) in [6.45, 7) is 2.04. The highest BCUT2D eigenvalue weighted by molar-refractivity contribution is 7.99. The van der Waals surface area contributed by atoms with Gasteiger partial charge in [0.1, 0.15) is 5.69 Å². The van der Waals surface area contributed by atoms with Crippen molar-refractivity contribution in [2.24, 2.45) is 0 Å². The number of aromatic nitrogens is 1. The van der Waals surface area contributed by atoms with E-state index in [4.69, 9.17) is 11.6 Å². The maximum Gasteiger partial charge on any atom is 0.196 e. The van der Waals surface area contributed by atoms with Crippen LogP contribution >= 0.6 is 34.7 Å². The minimum Gasteiger partial charge on any atom is -0.346 e. The minimum atomic E-state index is -0.0921. The van der Waals surface area contributed by atoms with Crippen LogP contribution in [0.5, 0.6) is 0 Å². The number of carbonyl (C=O) groups excluding carboxylic acids is 1. The molecule has 1 fully saturated rings. The Hall–Kier alpha value is -0.260. The fraction of sp³-hybridized carbons (Fsp3) is 0.556. The zero-order valence-corrected chi connectivity index (χ0v) is 10.5. The number of ketones is 1. The number of carbonyl (C=O) groups is 1. The Morgan fingerprint density at radius 1 is 1.53 bits per heavy atom. The van der Waals surface area contributed by atoms with Gasteiger partial charge in [0.05, 0.1) is 5.88 Å². The number of alkyl halides is 1. The number of thioether (sulfide) groups is 1. The van der Waals surface area contributed by atoms with E-state index in [0.29, 0.717) is 5.69 Å². The Morgan fingerprint density at radius 2 is 2.27 bits per heavy atom. The predicted octanol–water partition coefficient (Wildman–Crippen LogP) is 2.12. The number of nitrogens with zero attached hydrogens (tertiary/aromatic N) is 2. The van der Waals surface area contributed by atoms with Gasteiger partial charge in [-0.05, 0) is 0 Å². The van der Waals surface area contributed by atoms with E-state index < -0.39 is 0 Å². The average molecular weight is 263 g/mol. The summed E-state index contributed by atoms with van der Waals surface area (Å²) in [6.07, 6.45) is 0. The van der Waals surface area contributed by atoms with E-state index in [1.54, 1.807) is 5.38 Å². The van der Waals surface area contributed by atoms with E-state index >= 15 is 0 Å². The van der Waals surface area contributed by atoms with Crippen molar-refractivity contribution in [1.82, 2.24) is 4.98 Å². The lowest BCUT2D eigenvalue weighted by atomic mass is 10.3. The first-order valence-corrected chi connectivity index (χ1v) is 7.25. The lowest BCUT2D eigenvalue weighted by Gasteiger charge is -2.25. The summed E-state index contributed by atoms with van der Waals surface area (Å²) in [5.41, 5.74) is 0.503. The van der Waals surface area contributed by atoms with Gasteiger partial charge in [0.2, 0.25) is 0 Å². The fourth-order valence-corrected chi connectivity index (χ4v) is 3.28. The van der Waals surface area contributed by atoms with Crippen LogP contribution in [0.15, 0.2) is 5.38 Å². The van der Waals surface area contributed by atoms with Gasteiger partial charge in [-0.1, -0.05) is 0 Å². The number of rotatable bonds is 3. The molecule has 2 rings (SSSR count). The van der Waals surface area contributed by atoms with E-state index in [-0.39, 0.29) is 11.7 Å². The van der Waals surface area contributed by atoms with Crippen molar-refractivity contribution in [3.05, 3.63) is 11.1 Å². The third-order valence-electron chi connectivity index (χ3n) is 2.18. The number of thiazole rings is 1. The molecule has 0 amide bonds. The lowest BCUT2D eigenvalue weighted by Crippen LogP contribution is -2.32. The van der Waals surface area contributed by atoms with Crippen LogP contribution in [0.1, 0.15) is 10.5 Å². The monoisotopic (exact) mass is 262 g/mol.